The summed E-state index contributed by atoms with van der Waals surface area (Å²) < 4.78 is 3.08. The second-order valence-electron chi connectivity index (χ2n) is 7.75. The Morgan fingerprint density at radius 2 is 2.04 bits per heavy atom. The van der Waals surface area contributed by atoms with Crippen molar-refractivity contribution in [2.45, 2.75) is 25.0 Å². The van der Waals surface area contributed by atoms with Crippen molar-refractivity contribution in [1.29, 1.82) is 0 Å². The molecule has 0 radical (unpaired) electrons. The van der Waals surface area contributed by atoms with Gasteiger partial charge in [-0.25, -0.2) is 4.98 Å². The number of likely N-dealkylation sites (tertiary alicyclic amines) is 1. The monoisotopic (exact) mass is 434 g/mol. The molecule has 6 nitrogen and oxygen atoms in total. The molecule has 2 aliphatic rings. The molecule has 1 N–H and O–H groups in total. The second kappa shape index (κ2) is 6.34. The molecule has 0 amide bonds. The number of nitrogens with one attached hydrogen (secondary N) is 1. The quantitative estimate of drug-likeness (QED) is 0.536. The molecule has 0 saturated carbocycles. The summed E-state index contributed by atoms with van der Waals surface area (Å²) in [5.41, 5.74) is 3.91. The molecule has 3 aromatic heterocycles. The molecule has 0 aliphatic carbocycles. The first kappa shape index (κ1) is 16.6. The van der Waals surface area contributed by atoms with Crippen LogP contribution < -0.4 is 5.32 Å². The Hall–Kier alpha value is -2.35. The third kappa shape index (κ3) is 2.73. The van der Waals surface area contributed by atoms with Crippen molar-refractivity contribution in [2.24, 2.45) is 0 Å². The lowest BCUT2D eigenvalue weighted by molar-refractivity contribution is 0.217. The summed E-state index contributed by atoms with van der Waals surface area (Å²) in [6.45, 7) is 3.22. The van der Waals surface area contributed by atoms with Crippen LogP contribution in [0.1, 0.15) is 12.0 Å². The van der Waals surface area contributed by atoms with Crippen molar-refractivity contribution < 1.29 is 0 Å². The highest BCUT2D eigenvalue weighted by Crippen LogP contribution is 2.26. The van der Waals surface area contributed by atoms with Crippen LogP contribution in [-0.4, -0.2) is 49.7 Å². The van der Waals surface area contributed by atoms with Gasteiger partial charge < -0.3 is 5.32 Å². The summed E-state index contributed by atoms with van der Waals surface area (Å²) in [5, 5.41) is 13.4. The predicted molar refractivity (Wildman–Crippen MR) is 112 cm³/mol. The van der Waals surface area contributed by atoms with Crippen LogP contribution in [0.5, 0.6) is 0 Å². The van der Waals surface area contributed by atoms with Crippen LogP contribution in [0.15, 0.2) is 53.1 Å². The number of pyridine rings is 2. The van der Waals surface area contributed by atoms with E-state index < -0.39 is 0 Å². The van der Waals surface area contributed by atoms with E-state index in [1.807, 2.05) is 18.2 Å². The molecule has 2 fully saturated rings. The van der Waals surface area contributed by atoms with E-state index in [9.17, 15) is 0 Å². The largest absolute Gasteiger partial charge is 0.311 e. The zero-order valence-corrected chi connectivity index (χ0v) is 16.8. The summed E-state index contributed by atoms with van der Waals surface area (Å²) in [6, 6.07) is 15.8. The van der Waals surface area contributed by atoms with E-state index in [2.05, 4.69) is 71.2 Å². The number of nitrogens with zero attached hydrogens (tertiary/aromatic N) is 5. The molecule has 1 unspecified atom stereocenters. The summed E-state index contributed by atoms with van der Waals surface area (Å²) in [4.78, 5) is 7.40. The highest BCUT2D eigenvalue weighted by atomic mass is 79.9. The molecule has 7 heteroatoms. The van der Waals surface area contributed by atoms with E-state index in [0.717, 1.165) is 52.2 Å². The topological polar surface area (TPSA) is 58.4 Å². The molecule has 0 spiro atoms. The smallest absolute Gasteiger partial charge is 0.187 e. The maximum Gasteiger partial charge on any atom is 0.187 e. The highest BCUT2D eigenvalue weighted by molar-refractivity contribution is 9.10. The van der Waals surface area contributed by atoms with Crippen LogP contribution >= 0.6 is 15.9 Å². The SMILES string of the molecule is Brc1ccc2ccc(-c3nnc4ccc(CN5CC6C[C@H]5CN6)cn34)nc2c1. The van der Waals surface area contributed by atoms with Gasteiger partial charge in [0.1, 0.15) is 5.69 Å². The van der Waals surface area contributed by atoms with E-state index in [-0.39, 0.29) is 0 Å². The first-order chi connectivity index (χ1) is 13.7. The Morgan fingerprint density at radius 1 is 1.11 bits per heavy atom. The minimum absolute atomic E-state index is 0.667. The second-order valence-corrected chi connectivity index (χ2v) is 8.66. The van der Waals surface area contributed by atoms with E-state index in [0.29, 0.717) is 12.1 Å². The fraction of sp³-hybridized carbons (Fsp3) is 0.286. The molecule has 1 aromatic carbocycles. The van der Waals surface area contributed by atoms with Gasteiger partial charge in [-0.2, -0.15) is 0 Å². The zero-order valence-electron chi connectivity index (χ0n) is 15.2. The third-order valence-electron chi connectivity index (χ3n) is 5.90. The van der Waals surface area contributed by atoms with Gasteiger partial charge in [0.05, 0.1) is 5.52 Å². The summed E-state index contributed by atoms with van der Waals surface area (Å²) in [6.07, 6.45) is 3.44. The predicted octanol–water partition coefficient (Wildman–Crippen LogP) is 3.25. The Labute approximate surface area is 170 Å². The average Bonchev–Trinajstić information content (AvgIpc) is 3.42. The van der Waals surface area contributed by atoms with E-state index in [1.54, 1.807) is 0 Å². The number of hydrogen-bond acceptors (Lipinski definition) is 5. The van der Waals surface area contributed by atoms with E-state index in [4.69, 9.17) is 4.98 Å². The van der Waals surface area contributed by atoms with Crippen LogP contribution in [0.2, 0.25) is 0 Å². The first-order valence-corrected chi connectivity index (χ1v) is 10.4. The summed E-state index contributed by atoms with van der Waals surface area (Å²) >= 11 is 3.53. The molecule has 28 heavy (non-hydrogen) atoms. The number of fused-ring (bicyclic) bond motifs is 4. The number of aromatic nitrogens is 4. The molecular weight excluding hydrogens is 416 g/mol. The van der Waals surface area contributed by atoms with Gasteiger partial charge in [0.15, 0.2) is 11.5 Å². The molecule has 2 saturated heterocycles. The number of piperazine rings is 1. The van der Waals surface area contributed by atoms with Crippen molar-refractivity contribution in [3.8, 4) is 11.5 Å². The number of rotatable bonds is 3. The van der Waals surface area contributed by atoms with E-state index >= 15 is 0 Å². The molecule has 2 aliphatic heterocycles. The maximum absolute atomic E-state index is 4.82. The molecule has 4 aromatic rings. The van der Waals surface area contributed by atoms with Gasteiger partial charge in [0.2, 0.25) is 0 Å². The highest BCUT2D eigenvalue weighted by Gasteiger charge is 2.37. The van der Waals surface area contributed by atoms with Crippen LogP contribution in [-0.2, 0) is 6.54 Å². The van der Waals surface area contributed by atoms with Gasteiger partial charge in [-0.1, -0.05) is 34.1 Å². The summed E-state index contributed by atoms with van der Waals surface area (Å²) in [7, 11) is 0. The third-order valence-corrected chi connectivity index (χ3v) is 6.40. The normalized spacial score (nSPS) is 21.9. The Balaban J connectivity index is 1.38. The van der Waals surface area contributed by atoms with Gasteiger partial charge in [-0.05, 0) is 36.2 Å². The first-order valence-electron chi connectivity index (χ1n) is 9.61. The van der Waals surface area contributed by atoms with Crippen molar-refractivity contribution in [3.63, 3.8) is 0 Å². The number of halogens is 1. The molecular formula is C21H19BrN6. The Bertz CT molecular complexity index is 1200. The van der Waals surface area contributed by atoms with Crippen LogP contribution in [0.25, 0.3) is 28.1 Å². The Kier molecular flexibility index (Phi) is 3.75. The standard InChI is InChI=1S/C21H19BrN6/c22-15-4-2-14-3-5-18(24-19(14)7-15)21-26-25-20-6-1-13(11-28(20)21)10-27-12-16-8-17(27)9-23-16/h1-7,11,16-17,23H,8-10,12H2/t16?,17-/m0/s1. The van der Waals surface area contributed by atoms with Crippen LogP contribution in [0.4, 0.5) is 0 Å². The van der Waals surface area contributed by atoms with Crippen molar-refractivity contribution >= 4 is 32.5 Å². The average molecular weight is 435 g/mol. The fourth-order valence-corrected chi connectivity index (χ4v) is 4.84. The molecule has 140 valence electrons. The lowest BCUT2D eigenvalue weighted by Crippen LogP contribution is -2.42. The molecule has 2 atom stereocenters. The lowest BCUT2D eigenvalue weighted by atomic mass is 10.2. The van der Waals surface area contributed by atoms with E-state index in [1.165, 1.54) is 12.0 Å². The molecule has 6 rings (SSSR count). The van der Waals surface area contributed by atoms with Crippen molar-refractivity contribution in [1.82, 2.24) is 29.8 Å². The van der Waals surface area contributed by atoms with Gasteiger partial charge in [0, 0.05) is 47.8 Å². The number of benzene rings is 1. The van der Waals surface area contributed by atoms with Crippen LogP contribution in [0.3, 0.4) is 0 Å². The van der Waals surface area contributed by atoms with Crippen molar-refractivity contribution in [2.75, 3.05) is 13.1 Å². The molecule has 5 heterocycles. The lowest BCUT2D eigenvalue weighted by Gasteiger charge is -2.27. The fourth-order valence-electron chi connectivity index (χ4n) is 4.49. The molecule has 2 bridgehead atoms. The van der Waals surface area contributed by atoms with Gasteiger partial charge >= 0.3 is 0 Å². The van der Waals surface area contributed by atoms with Gasteiger partial charge in [-0.15, -0.1) is 10.2 Å². The Morgan fingerprint density at radius 3 is 2.89 bits per heavy atom. The zero-order chi connectivity index (χ0) is 18.7. The minimum atomic E-state index is 0.667. The van der Waals surface area contributed by atoms with Gasteiger partial charge in [-0.3, -0.25) is 9.30 Å². The van der Waals surface area contributed by atoms with Crippen LogP contribution in [0, 0.1) is 0 Å². The van der Waals surface area contributed by atoms with Gasteiger partial charge in [0.25, 0.3) is 0 Å². The van der Waals surface area contributed by atoms with Crippen molar-refractivity contribution in [3.05, 3.63) is 58.7 Å². The summed E-state index contributed by atoms with van der Waals surface area (Å²) in [5.74, 6) is 0.781. The minimum Gasteiger partial charge on any atom is -0.311 e. The number of hydrogen-bond donors (Lipinski definition) is 1. The maximum atomic E-state index is 4.82.